The highest BCUT2D eigenvalue weighted by atomic mass is 14.5. The molecule has 0 spiro atoms. The van der Waals surface area contributed by atoms with Gasteiger partial charge in [0.1, 0.15) is 0 Å². The molecule has 0 saturated carbocycles. The van der Waals surface area contributed by atoms with Crippen LogP contribution in [0.25, 0.3) is 0 Å². The number of hydrogen-bond donors (Lipinski definition) is 1. The molecule has 0 aromatic rings. The summed E-state index contributed by atoms with van der Waals surface area (Å²) in [5.41, 5.74) is 6.28. The monoisotopic (exact) mass is 155 g/mol. The first-order valence-electron chi connectivity index (χ1n) is 4.60. The van der Waals surface area contributed by atoms with Crippen molar-refractivity contribution in [2.24, 2.45) is 11.7 Å². The van der Waals surface area contributed by atoms with Gasteiger partial charge in [0.15, 0.2) is 0 Å². The smallest absolute Gasteiger partial charge is 0.000744 e. The molecule has 0 aliphatic carbocycles. The summed E-state index contributed by atoms with van der Waals surface area (Å²) in [6.45, 7) is 8.22. The van der Waals surface area contributed by atoms with Crippen molar-refractivity contribution in [1.82, 2.24) is 0 Å². The number of allylic oxidation sites excluding steroid dienone is 1. The highest BCUT2D eigenvalue weighted by Gasteiger charge is 1.97. The van der Waals surface area contributed by atoms with Crippen molar-refractivity contribution in [2.75, 3.05) is 0 Å². The Morgan fingerprint density at radius 2 is 2.09 bits per heavy atom. The standard InChI is InChI=1S/C10H21N/c1-4-9(2)7-5-6-8-10(3)11/h9H,3-8,11H2,1-2H3/t9-/m0/s1. The topological polar surface area (TPSA) is 26.0 Å². The summed E-state index contributed by atoms with van der Waals surface area (Å²) in [5, 5.41) is 0. The Balaban J connectivity index is 3.08. The van der Waals surface area contributed by atoms with E-state index in [1.807, 2.05) is 0 Å². The van der Waals surface area contributed by atoms with Crippen LogP contribution in [0.2, 0.25) is 0 Å². The fourth-order valence-corrected chi connectivity index (χ4v) is 1.05. The Hall–Kier alpha value is -0.460. The SMILES string of the molecule is C=C(N)CCCC[C@@H](C)CC. The average Bonchev–Trinajstić information content (AvgIpc) is 1.97. The van der Waals surface area contributed by atoms with Crippen molar-refractivity contribution in [2.45, 2.75) is 46.0 Å². The van der Waals surface area contributed by atoms with Gasteiger partial charge in [0, 0.05) is 5.70 Å². The van der Waals surface area contributed by atoms with Crippen molar-refractivity contribution >= 4 is 0 Å². The molecule has 0 bridgehead atoms. The van der Waals surface area contributed by atoms with E-state index in [-0.39, 0.29) is 0 Å². The molecule has 0 aliphatic heterocycles. The van der Waals surface area contributed by atoms with Crippen LogP contribution >= 0.6 is 0 Å². The lowest BCUT2D eigenvalue weighted by molar-refractivity contribution is 0.484. The second-order valence-electron chi connectivity index (χ2n) is 3.42. The number of unbranched alkanes of at least 4 members (excludes halogenated alkanes) is 1. The Morgan fingerprint density at radius 1 is 1.45 bits per heavy atom. The van der Waals surface area contributed by atoms with Crippen LogP contribution in [0.1, 0.15) is 46.0 Å². The zero-order valence-corrected chi connectivity index (χ0v) is 7.90. The van der Waals surface area contributed by atoms with Crippen molar-refractivity contribution in [3.05, 3.63) is 12.3 Å². The van der Waals surface area contributed by atoms with E-state index in [1.165, 1.54) is 25.7 Å². The predicted molar refractivity (Wildman–Crippen MR) is 51.3 cm³/mol. The maximum Gasteiger partial charge on any atom is 0.000744 e. The second kappa shape index (κ2) is 6.26. The minimum Gasteiger partial charge on any atom is -0.403 e. The molecule has 1 nitrogen and oxygen atoms in total. The normalized spacial score (nSPS) is 12.9. The Morgan fingerprint density at radius 3 is 2.55 bits per heavy atom. The van der Waals surface area contributed by atoms with Gasteiger partial charge < -0.3 is 5.73 Å². The summed E-state index contributed by atoms with van der Waals surface area (Å²) in [7, 11) is 0. The summed E-state index contributed by atoms with van der Waals surface area (Å²) >= 11 is 0. The van der Waals surface area contributed by atoms with Gasteiger partial charge in [-0.1, -0.05) is 39.7 Å². The van der Waals surface area contributed by atoms with E-state index in [2.05, 4.69) is 20.4 Å². The molecule has 1 atom stereocenters. The maximum absolute atomic E-state index is 5.45. The molecule has 0 aromatic carbocycles. The molecule has 0 aromatic heterocycles. The molecule has 0 saturated heterocycles. The van der Waals surface area contributed by atoms with Crippen LogP contribution in [-0.2, 0) is 0 Å². The molecule has 0 aliphatic rings. The molecular formula is C10H21N. The fraction of sp³-hybridized carbons (Fsp3) is 0.800. The minimum atomic E-state index is 0.828. The van der Waals surface area contributed by atoms with Gasteiger partial charge in [-0.2, -0.15) is 0 Å². The lowest BCUT2D eigenvalue weighted by Gasteiger charge is -2.06. The lowest BCUT2D eigenvalue weighted by atomic mass is 10.0. The molecule has 2 N–H and O–H groups in total. The van der Waals surface area contributed by atoms with Gasteiger partial charge in [-0.05, 0) is 18.8 Å². The van der Waals surface area contributed by atoms with Crippen molar-refractivity contribution in [3.8, 4) is 0 Å². The van der Waals surface area contributed by atoms with Crippen LogP contribution in [0.3, 0.4) is 0 Å². The lowest BCUT2D eigenvalue weighted by Crippen LogP contribution is -1.96. The molecule has 0 rings (SSSR count). The second-order valence-corrected chi connectivity index (χ2v) is 3.42. The van der Waals surface area contributed by atoms with Crippen LogP contribution in [0.5, 0.6) is 0 Å². The summed E-state index contributed by atoms with van der Waals surface area (Å²) < 4.78 is 0. The highest BCUT2D eigenvalue weighted by molar-refractivity contribution is 4.84. The molecular weight excluding hydrogens is 134 g/mol. The average molecular weight is 155 g/mol. The van der Waals surface area contributed by atoms with Gasteiger partial charge in [0.25, 0.3) is 0 Å². The van der Waals surface area contributed by atoms with E-state index in [4.69, 9.17) is 5.73 Å². The molecule has 66 valence electrons. The van der Waals surface area contributed by atoms with E-state index in [0.717, 1.165) is 18.0 Å². The zero-order chi connectivity index (χ0) is 8.69. The molecule has 0 heterocycles. The van der Waals surface area contributed by atoms with Gasteiger partial charge in [0.2, 0.25) is 0 Å². The fourth-order valence-electron chi connectivity index (χ4n) is 1.05. The maximum atomic E-state index is 5.45. The minimum absolute atomic E-state index is 0.828. The molecule has 1 heteroatoms. The van der Waals surface area contributed by atoms with Crippen LogP contribution < -0.4 is 5.73 Å². The number of rotatable bonds is 6. The third kappa shape index (κ3) is 7.44. The Kier molecular flexibility index (Phi) is 6.00. The van der Waals surface area contributed by atoms with E-state index in [1.54, 1.807) is 0 Å². The van der Waals surface area contributed by atoms with Gasteiger partial charge in [0.05, 0.1) is 0 Å². The van der Waals surface area contributed by atoms with Gasteiger partial charge in [-0.25, -0.2) is 0 Å². The number of nitrogens with two attached hydrogens (primary N) is 1. The van der Waals surface area contributed by atoms with Gasteiger partial charge in [-0.3, -0.25) is 0 Å². The van der Waals surface area contributed by atoms with E-state index >= 15 is 0 Å². The summed E-state index contributed by atoms with van der Waals surface area (Å²) in [6, 6.07) is 0. The third-order valence-corrected chi connectivity index (χ3v) is 2.14. The van der Waals surface area contributed by atoms with Crippen molar-refractivity contribution in [1.29, 1.82) is 0 Å². The van der Waals surface area contributed by atoms with Crippen molar-refractivity contribution < 1.29 is 0 Å². The molecule has 0 fully saturated rings. The first kappa shape index (κ1) is 10.5. The van der Waals surface area contributed by atoms with E-state index < -0.39 is 0 Å². The first-order chi connectivity index (χ1) is 5.16. The predicted octanol–water partition coefficient (Wildman–Crippen LogP) is 3.07. The summed E-state index contributed by atoms with van der Waals surface area (Å²) in [5.74, 6) is 0.876. The van der Waals surface area contributed by atoms with E-state index in [0.29, 0.717) is 0 Å². The van der Waals surface area contributed by atoms with Crippen molar-refractivity contribution in [3.63, 3.8) is 0 Å². The molecule has 0 unspecified atom stereocenters. The van der Waals surface area contributed by atoms with Crippen LogP contribution in [0.4, 0.5) is 0 Å². The third-order valence-electron chi connectivity index (χ3n) is 2.14. The number of hydrogen-bond acceptors (Lipinski definition) is 1. The quantitative estimate of drug-likeness (QED) is 0.586. The Labute approximate surface area is 70.7 Å². The highest BCUT2D eigenvalue weighted by Crippen LogP contribution is 2.12. The molecule has 11 heavy (non-hydrogen) atoms. The van der Waals surface area contributed by atoms with Gasteiger partial charge in [-0.15, -0.1) is 0 Å². The zero-order valence-electron chi connectivity index (χ0n) is 7.90. The Bertz CT molecular complexity index is 107. The van der Waals surface area contributed by atoms with E-state index in [9.17, 15) is 0 Å². The largest absolute Gasteiger partial charge is 0.403 e. The van der Waals surface area contributed by atoms with Crippen LogP contribution in [0, 0.1) is 5.92 Å². The summed E-state index contributed by atoms with van der Waals surface area (Å²) in [6.07, 6.45) is 6.13. The summed E-state index contributed by atoms with van der Waals surface area (Å²) in [4.78, 5) is 0. The van der Waals surface area contributed by atoms with Crippen LogP contribution in [-0.4, -0.2) is 0 Å². The van der Waals surface area contributed by atoms with Crippen LogP contribution in [0.15, 0.2) is 12.3 Å². The first-order valence-corrected chi connectivity index (χ1v) is 4.60. The molecule has 0 amide bonds. The molecule has 0 radical (unpaired) electrons. The van der Waals surface area contributed by atoms with Gasteiger partial charge >= 0.3 is 0 Å².